The topological polar surface area (TPSA) is 82.0 Å². The molecule has 0 aliphatic carbocycles. The van der Waals surface area contributed by atoms with E-state index < -0.39 is 6.17 Å². The number of phenols is 2. The first-order chi connectivity index (χ1) is 14.1. The van der Waals surface area contributed by atoms with Gasteiger partial charge >= 0.3 is 0 Å². The number of hydrogen-bond acceptors (Lipinski definition) is 5. The Bertz CT molecular complexity index is 1040. The Morgan fingerprint density at radius 3 is 2.52 bits per heavy atom. The summed E-state index contributed by atoms with van der Waals surface area (Å²) < 4.78 is 5.18. The number of nitrogens with one attached hydrogen (secondary N) is 1. The fourth-order valence-electron chi connectivity index (χ4n) is 3.61. The monoisotopic (exact) mass is 390 g/mol. The Labute approximate surface area is 169 Å². The number of fused-ring (bicyclic) bond motifs is 1. The van der Waals surface area contributed by atoms with Gasteiger partial charge in [0.2, 0.25) is 5.75 Å². The highest BCUT2D eigenvalue weighted by molar-refractivity contribution is 6.01. The SMILES string of the molecule is COc1cc(C2Nc3ccccc3C(=O)N2CCc2ccccc2)cc(O)c1O. The van der Waals surface area contributed by atoms with Crippen LogP contribution in [0, 0.1) is 0 Å². The number of para-hydroxylation sites is 1. The number of aromatic hydroxyl groups is 2. The molecule has 6 nitrogen and oxygen atoms in total. The Morgan fingerprint density at radius 1 is 1.03 bits per heavy atom. The summed E-state index contributed by atoms with van der Waals surface area (Å²) in [5.74, 6) is -0.562. The highest BCUT2D eigenvalue weighted by Gasteiger charge is 2.33. The van der Waals surface area contributed by atoms with E-state index in [1.807, 2.05) is 48.5 Å². The average molecular weight is 390 g/mol. The molecule has 1 aliphatic heterocycles. The highest BCUT2D eigenvalue weighted by atomic mass is 16.5. The van der Waals surface area contributed by atoms with E-state index >= 15 is 0 Å². The summed E-state index contributed by atoms with van der Waals surface area (Å²) in [6, 6.07) is 20.4. The van der Waals surface area contributed by atoms with Crippen molar-refractivity contribution in [1.29, 1.82) is 0 Å². The van der Waals surface area contributed by atoms with Crippen LogP contribution in [-0.2, 0) is 6.42 Å². The van der Waals surface area contributed by atoms with Crippen molar-refractivity contribution in [2.45, 2.75) is 12.6 Å². The van der Waals surface area contributed by atoms with Crippen molar-refractivity contribution in [2.75, 3.05) is 19.0 Å². The number of methoxy groups -OCH3 is 1. The van der Waals surface area contributed by atoms with Crippen molar-refractivity contribution in [3.63, 3.8) is 0 Å². The minimum atomic E-state index is -0.512. The zero-order valence-electron chi connectivity index (χ0n) is 16.0. The van der Waals surface area contributed by atoms with E-state index in [-0.39, 0.29) is 23.2 Å². The lowest BCUT2D eigenvalue weighted by atomic mass is 10.0. The van der Waals surface area contributed by atoms with Gasteiger partial charge in [-0.15, -0.1) is 0 Å². The second-order valence-electron chi connectivity index (χ2n) is 6.92. The number of anilines is 1. The van der Waals surface area contributed by atoms with Crippen molar-refractivity contribution < 1.29 is 19.7 Å². The van der Waals surface area contributed by atoms with Gasteiger partial charge in [-0.25, -0.2) is 0 Å². The second-order valence-corrected chi connectivity index (χ2v) is 6.92. The zero-order chi connectivity index (χ0) is 20.4. The molecule has 1 heterocycles. The third kappa shape index (κ3) is 3.57. The van der Waals surface area contributed by atoms with Gasteiger partial charge in [-0.05, 0) is 36.2 Å². The van der Waals surface area contributed by atoms with Crippen molar-refractivity contribution in [3.05, 3.63) is 83.4 Å². The van der Waals surface area contributed by atoms with Gasteiger partial charge in [0.05, 0.1) is 12.7 Å². The molecule has 0 saturated carbocycles. The highest BCUT2D eigenvalue weighted by Crippen LogP contribution is 2.41. The Balaban J connectivity index is 1.73. The molecule has 0 saturated heterocycles. The van der Waals surface area contributed by atoms with Gasteiger partial charge in [-0.1, -0.05) is 42.5 Å². The first-order valence-corrected chi connectivity index (χ1v) is 9.39. The van der Waals surface area contributed by atoms with Gasteiger partial charge in [0, 0.05) is 17.8 Å². The number of nitrogens with zero attached hydrogens (tertiary/aromatic N) is 1. The molecule has 148 valence electrons. The van der Waals surface area contributed by atoms with Gasteiger partial charge in [-0.2, -0.15) is 0 Å². The molecule has 6 heteroatoms. The predicted molar refractivity (Wildman–Crippen MR) is 110 cm³/mol. The molecule has 1 unspecified atom stereocenters. The quantitative estimate of drug-likeness (QED) is 0.576. The summed E-state index contributed by atoms with van der Waals surface area (Å²) in [4.78, 5) is 15.0. The second kappa shape index (κ2) is 7.75. The van der Waals surface area contributed by atoms with Crippen molar-refractivity contribution in [1.82, 2.24) is 4.90 Å². The van der Waals surface area contributed by atoms with E-state index in [2.05, 4.69) is 5.32 Å². The van der Waals surface area contributed by atoms with Crippen molar-refractivity contribution in [2.24, 2.45) is 0 Å². The van der Waals surface area contributed by atoms with Crippen LogP contribution >= 0.6 is 0 Å². The van der Waals surface area contributed by atoms with E-state index in [0.717, 1.165) is 11.3 Å². The summed E-state index contributed by atoms with van der Waals surface area (Å²) >= 11 is 0. The summed E-state index contributed by atoms with van der Waals surface area (Å²) in [6.45, 7) is 0.485. The van der Waals surface area contributed by atoms with E-state index in [9.17, 15) is 15.0 Å². The fraction of sp³-hybridized carbons (Fsp3) is 0.174. The normalized spacial score (nSPS) is 15.6. The summed E-state index contributed by atoms with van der Waals surface area (Å²) in [7, 11) is 1.42. The third-order valence-electron chi connectivity index (χ3n) is 5.12. The Kier molecular flexibility index (Phi) is 4.99. The van der Waals surface area contributed by atoms with E-state index in [4.69, 9.17) is 4.74 Å². The minimum Gasteiger partial charge on any atom is -0.504 e. The molecule has 1 atom stereocenters. The maximum absolute atomic E-state index is 13.3. The van der Waals surface area contributed by atoms with Gasteiger partial charge in [0.1, 0.15) is 6.17 Å². The lowest BCUT2D eigenvalue weighted by Crippen LogP contribution is -2.44. The van der Waals surface area contributed by atoms with Crippen LogP contribution in [0.25, 0.3) is 0 Å². The molecule has 0 bridgehead atoms. The molecular formula is C23H22N2O4. The van der Waals surface area contributed by atoms with Crippen molar-refractivity contribution >= 4 is 11.6 Å². The number of ether oxygens (including phenoxy) is 1. The molecule has 4 rings (SSSR count). The Morgan fingerprint density at radius 2 is 1.76 bits per heavy atom. The number of rotatable bonds is 5. The van der Waals surface area contributed by atoms with Crippen LogP contribution in [0.4, 0.5) is 5.69 Å². The molecule has 0 fully saturated rings. The van der Waals surface area contributed by atoms with Gasteiger partial charge < -0.3 is 25.2 Å². The van der Waals surface area contributed by atoms with Crippen LogP contribution in [0.3, 0.4) is 0 Å². The molecule has 0 radical (unpaired) electrons. The summed E-state index contributed by atoms with van der Waals surface area (Å²) in [5.41, 5.74) is 3.08. The summed E-state index contributed by atoms with van der Waals surface area (Å²) in [6.07, 6.45) is 0.176. The summed E-state index contributed by atoms with van der Waals surface area (Å²) in [5, 5.41) is 23.5. The number of carbonyl (C=O) groups is 1. The van der Waals surface area contributed by atoms with E-state index in [1.54, 1.807) is 17.0 Å². The number of benzene rings is 3. The minimum absolute atomic E-state index is 0.0909. The number of hydrogen-bond donors (Lipinski definition) is 3. The van der Waals surface area contributed by atoms with Crippen LogP contribution in [-0.4, -0.2) is 34.7 Å². The van der Waals surface area contributed by atoms with E-state index in [1.165, 1.54) is 13.2 Å². The van der Waals surface area contributed by atoms with Crippen LogP contribution < -0.4 is 10.1 Å². The molecular weight excluding hydrogens is 368 g/mol. The molecule has 0 spiro atoms. The molecule has 0 aromatic heterocycles. The van der Waals surface area contributed by atoms with Crippen LogP contribution in [0.15, 0.2) is 66.7 Å². The smallest absolute Gasteiger partial charge is 0.257 e. The predicted octanol–water partition coefficient (Wildman–Crippen LogP) is 3.92. The standard InChI is InChI=1S/C23H22N2O4/c1-29-20-14-16(13-19(26)21(20)27)22-24-18-10-6-5-9-17(18)23(28)25(22)12-11-15-7-3-2-4-8-15/h2-10,13-14,22,24,26-27H,11-12H2,1H3. The number of carbonyl (C=O) groups excluding carboxylic acids is 1. The van der Waals surface area contributed by atoms with Crippen LogP contribution in [0.1, 0.15) is 27.7 Å². The zero-order valence-corrected chi connectivity index (χ0v) is 16.0. The Hall–Kier alpha value is -3.67. The average Bonchev–Trinajstić information content (AvgIpc) is 2.75. The maximum Gasteiger partial charge on any atom is 0.257 e. The van der Waals surface area contributed by atoms with Crippen LogP contribution in [0.5, 0.6) is 17.2 Å². The maximum atomic E-state index is 13.3. The molecule has 1 amide bonds. The van der Waals surface area contributed by atoms with Gasteiger partial charge in [-0.3, -0.25) is 4.79 Å². The van der Waals surface area contributed by atoms with Crippen molar-refractivity contribution in [3.8, 4) is 17.2 Å². The molecule has 3 N–H and O–H groups in total. The number of amides is 1. The molecule has 3 aromatic rings. The van der Waals surface area contributed by atoms with Crippen LogP contribution in [0.2, 0.25) is 0 Å². The van der Waals surface area contributed by atoms with Gasteiger partial charge in [0.15, 0.2) is 11.5 Å². The lowest BCUT2D eigenvalue weighted by Gasteiger charge is -2.38. The van der Waals surface area contributed by atoms with Gasteiger partial charge in [0.25, 0.3) is 5.91 Å². The first kappa shape index (κ1) is 18.7. The lowest BCUT2D eigenvalue weighted by molar-refractivity contribution is 0.0685. The molecule has 3 aromatic carbocycles. The molecule has 29 heavy (non-hydrogen) atoms. The third-order valence-corrected chi connectivity index (χ3v) is 5.12. The first-order valence-electron chi connectivity index (χ1n) is 9.39. The van der Waals surface area contributed by atoms with E-state index in [0.29, 0.717) is 24.1 Å². The number of phenolic OH excluding ortho intramolecular Hbond substituents is 2. The largest absolute Gasteiger partial charge is 0.504 e. The molecule has 1 aliphatic rings. The fourth-order valence-corrected chi connectivity index (χ4v) is 3.61.